The van der Waals surface area contributed by atoms with E-state index in [4.69, 9.17) is 4.74 Å². The van der Waals surface area contributed by atoms with Crippen LogP contribution in [-0.2, 0) is 16.0 Å². The fourth-order valence-electron chi connectivity index (χ4n) is 2.84. The first kappa shape index (κ1) is 17.6. The number of aromatic nitrogens is 1. The van der Waals surface area contributed by atoms with E-state index in [-0.39, 0.29) is 18.3 Å². The van der Waals surface area contributed by atoms with Gasteiger partial charge in [-0.25, -0.2) is 4.98 Å². The van der Waals surface area contributed by atoms with Gasteiger partial charge in [-0.2, -0.15) is 0 Å². The van der Waals surface area contributed by atoms with Crippen LogP contribution in [0.3, 0.4) is 0 Å². The number of thiazole rings is 1. The first-order valence-corrected chi connectivity index (χ1v) is 9.37. The fourth-order valence-corrected chi connectivity index (χ4v) is 3.70. The van der Waals surface area contributed by atoms with Crippen LogP contribution in [0.5, 0.6) is 5.75 Å². The summed E-state index contributed by atoms with van der Waals surface area (Å²) in [6.45, 7) is 6.91. The third-order valence-electron chi connectivity index (χ3n) is 4.14. The summed E-state index contributed by atoms with van der Waals surface area (Å²) in [6.07, 6.45) is 1.54. The Labute approximate surface area is 151 Å². The van der Waals surface area contributed by atoms with Crippen molar-refractivity contribution in [3.63, 3.8) is 0 Å². The molecule has 0 radical (unpaired) electrons. The van der Waals surface area contributed by atoms with E-state index >= 15 is 0 Å². The van der Waals surface area contributed by atoms with Crippen LogP contribution >= 0.6 is 11.3 Å². The van der Waals surface area contributed by atoms with Gasteiger partial charge in [0.05, 0.1) is 12.1 Å². The molecule has 0 bridgehead atoms. The van der Waals surface area contributed by atoms with E-state index in [2.05, 4.69) is 24.9 Å². The number of amides is 1. The van der Waals surface area contributed by atoms with Crippen LogP contribution in [0.1, 0.15) is 49.4 Å². The van der Waals surface area contributed by atoms with Crippen molar-refractivity contribution in [2.45, 2.75) is 46.0 Å². The zero-order valence-corrected chi connectivity index (χ0v) is 15.6. The van der Waals surface area contributed by atoms with E-state index in [0.29, 0.717) is 35.5 Å². The molecule has 0 atom stereocenters. The minimum atomic E-state index is -0.343. The molecule has 0 saturated carbocycles. The number of ether oxygens (including phenoxy) is 1. The fraction of sp³-hybridized carbons (Fsp3) is 0.421. The van der Waals surface area contributed by atoms with Gasteiger partial charge in [-0.05, 0) is 42.5 Å². The molecule has 0 unspecified atom stereocenters. The molecule has 1 aromatic carbocycles. The molecule has 1 aliphatic heterocycles. The Morgan fingerprint density at radius 1 is 1.36 bits per heavy atom. The van der Waals surface area contributed by atoms with E-state index in [0.717, 1.165) is 17.5 Å². The van der Waals surface area contributed by atoms with E-state index < -0.39 is 0 Å². The monoisotopic (exact) mass is 358 g/mol. The van der Waals surface area contributed by atoms with Crippen LogP contribution in [-0.4, -0.2) is 23.4 Å². The second-order valence-electron chi connectivity index (χ2n) is 6.66. The number of rotatable bonds is 5. The average molecular weight is 358 g/mol. The van der Waals surface area contributed by atoms with Crippen molar-refractivity contribution in [2.75, 3.05) is 11.4 Å². The van der Waals surface area contributed by atoms with E-state index in [1.165, 1.54) is 11.3 Å². The summed E-state index contributed by atoms with van der Waals surface area (Å²) in [5.74, 6) is 0.699. The van der Waals surface area contributed by atoms with Crippen LogP contribution < -0.4 is 9.64 Å². The van der Waals surface area contributed by atoms with Crippen molar-refractivity contribution in [1.29, 1.82) is 0 Å². The number of aryl methyl sites for hydroxylation is 1. The minimum absolute atomic E-state index is 0.101. The van der Waals surface area contributed by atoms with E-state index in [1.54, 1.807) is 4.90 Å². The van der Waals surface area contributed by atoms with Gasteiger partial charge in [0.25, 0.3) is 0 Å². The zero-order chi connectivity index (χ0) is 18.0. The van der Waals surface area contributed by atoms with Crippen molar-refractivity contribution >= 4 is 28.3 Å². The lowest BCUT2D eigenvalue weighted by Crippen LogP contribution is -2.23. The normalized spacial score (nSPS) is 14.4. The molecular formula is C19H22N2O3S. The molecule has 132 valence electrons. The Kier molecular flexibility index (Phi) is 5.18. The lowest BCUT2D eigenvalue weighted by Gasteiger charge is -2.11. The predicted octanol–water partition coefficient (Wildman–Crippen LogP) is 3.85. The van der Waals surface area contributed by atoms with Crippen molar-refractivity contribution < 1.29 is 14.3 Å². The highest BCUT2D eigenvalue weighted by Crippen LogP contribution is 2.26. The zero-order valence-electron chi connectivity index (χ0n) is 14.7. The number of benzene rings is 1. The molecule has 2 aromatic rings. The molecule has 3 rings (SSSR count). The van der Waals surface area contributed by atoms with Crippen LogP contribution in [0.25, 0.3) is 0 Å². The molecule has 0 spiro atoms. The maximum absolute atomic E-state index is 12.2. The highest BCUT2D eigenvalue weighted by Gasteiger charge is 2.24. The molecule has 0 N–H and O–H groups in total. The molecule has 1 aliphatic rings. The van der Waals surface area contributed by atoms with Crippen molar-refractivity contribution in [3.8, 4) is 5.75 Å². The van der Waals surface area contributed by atoms with Crippen LogP contribution in [0.4, 0.5) is 5.13 Å². The van der Waals surface area contributed by atoms with Crippen LogP contribution in [0.2, 0.25) is 0 Å². The van der Waals surface area contributed by atoms with Gasteiger partial charge in [0, 0.05) is 18.3 Å². The molecule has 6 heteroatoms. The Hall–Kier alpha value is -2.21. The first-order valence-electron chi connectivity index (χ1n) is 8.49. The third-order valence-corrected chi connectivity index (χ3v) is 5.05. The number of hydrogen-bond acceptors (Lipinski definition) is 5. The van der Waals surface area contributed by atoms with Gasteiger partial charge in [0.15, 0.2) is 5.13 Å². The Morgan fingerprint density at radius 2 is 2.16 bits per heavy atom. The van der Waals surface area contributed by atoms with Gasteiger partial charge in [-0.1, -0.05) is 19.9 Å². The van der Waals surface area contributed by atoms with Crippen LogP contribution in [0, 0.1) is 6.92 Å². The molecule has 0 aliphatic carbocycles. The van der Waals surface area contributed by atoms with Gasteiger partial charge >= 0.3 is 5.97 Å². The smallest absolute Gasteiger partial charge is 0.317 e. The SMILES string of the molecule is Cc1cc(OC(=O)Cc2csc(N3CCCC3=O)n2)cc(C(C)C)c1. The van der Waals surface area contributed by atoms with Crippen LogP contribution in [0.15, 0.2) is 23.6 Å². The summed E-state index contributed by atoms with van der Waals surface area (Å²) in [5.41, 5.74) is 2.85. The summed E-state index contributed by atoms with van der Waals surface area (Å²) in [6, 6.07) is 5.87. The third kappa shape index (κ3) is 4.25. The van der Waals surface area contributed by atoms with Gasteiger partial charge in [-0.3, -0.25) is 14.5 Å². The topological polar surface area (TPSA) is 59.5 Å². The maximum atomic E-state index is 12.2. The molecule has 1 aromatic heterocycles. The van der Waals surface area contributed by atoms with Gasteiger partial charge in [0.2, 0.25) is 5.91 Å². The molecule has 1 saturated heterocycles. The first-order chi connectivity index (χ1) is 11.9. The predicted molar refractivity (Wildman–Crippen MR) is 98.3 cm³/mol. The van der Waals surface area contributed by atoms with Crippen molar-refractivity contribution in [2.24, 2.45) is 0 Å². The maximum Gasteiger partial charge on any atom is 0.317 e. The number of nitrogens with zero attached hydrogens (tertiary/aromatic N) is 2. The van der Waals surface area contributed by atoms with Gasteiger partial charge < -0.3 is 4.74 Å². The largest absolute Gasteiger partial charge is 0.426 e. The number of anilines is 1. The van der Waals surface area contributed by atoms with Gasteiger partial charge in [0.1, 0.15) is 5.75 Å². The number of carbonyl (C=O) groups excluding carboxylic acids is 2. The van der Waals surface area contributed by atoms with E-state index in [9.17, 15) is 9.59 Å². The summed E-state index contributed by atoms with van der Waals surface area (Å²) < 4.78 is 5.49. The average Bonchev–Trinajstić information content (AvgIpc) is 3.15. The van der Waals surface area contributed by atoms with Crippen molar-refractivity contribution in [1.82, 2.24) is 4.98 Å². The van der Waals surface area contributed by atoms with Gasteiger partial charge in [-0.15, -0.1) is 11.3 Å². The molecule has 25 heavy (non-hydrogen) atoms. The molecule has 1 amide bonds. The molecular weight excluding hydrogens is 336 g/mol. The summed E-state index contributed by atoms with van der Waals surface area (Å²) in [4.78, 5) is 30.1. The second-order valence-corrected chi connectivity index (χ2v) is 7.49. The Balaban J connectivity index is 1.65. The summed E-state index contributed by atoms with van der Waals surface area (Å²) >= 11 is 1.39. The Bertz CT molecular complexity index is 798. The molecule has 5 nitrogen and oxygen atoms in total. The highest BCUT2D eigenvalue weighted by atomic mass is 32.1. The number of hydrogen-bond donors (Lipinski definition) is 0. The standard InChI is InChI=1S/C19H22N2O3S/c1-12(2)14-7-13(3)8-16(9-14)24-18(23)10-15-11-25-19(20-15)21-6-4-5-17(21)22/h7-9,11-12H,4-6,10H2,1-3H3. The lowest BCUT2D eigenvalue weighted by molar-refractivity contribution is -0.133. The second kappa shape index (κ2) is 7.35. The minimum Gasteiger partial charge on any atom is -0.426 e. The highest BCUT2D eigenvalue weighted by molar-refractivity contribution is 7.14. The quantitative estimate of drug-likeness (QED) is 0.602. The Morgan fingerprint density at radius 3 is 2.84 bits per heavy atom. The summed E-state index contributed by atoms with van der Waals surface area (Å²) in [7, 11) is 0. The number of esters is 1. The molecule has 1 fully saturated rings. The van der Waals surface area contributed by atoms with Crippen molar-refractivity contribution in [3.05, 3.63) is 40.4 Å². The van der Waals surface area contributed by atoms with E-state index in [1.807, 2.05) is 24.4 Å². The number of carbonyl (C=O) groups is 2. The lowest BCUT2D eigenvalue weighted by atomic mass is 10.0. The summed E-state index contributed by atoms with van der Waals surface area (Å²) in [5, 5.41) is 2.49. The molecule has 2 heterocycles.